The van der Waals surface area contributed by atoms with Crippen LogP contribution in [-0.2, 0) is 20.0 Å². The van der Waals surface area contributed by atoms with Crippen molar-refractivity contribution in [1.82, 2.24) is 20.2 Å². The molecule has 0 radical (unpaired) electrons. The van der Waals surface area contributed by atoms with Crippen molar-refractivity contribution in [2.45, 2.75) is 24.5 Å². The zero-order valence-electron chi connectivity index (χ0n) is 15.0. The average Bonchev–Trinajstić information content (AvgIpc) is 3.22. The normalized spacial score (nSPS) is 15.8. The van der Waals surface area contributed by atoms with E-state index in [-0.39, 0.29) is 30.7 Å². The maximum Gasteiger partial charge on any atom is 0.251 e. The number of amides is 1. The van der Waals surface area contributed by atoms with Crippen LogP contribution in [0.1, 0.15) is 28.0 Å². The van der Waals surface area contributed by atoms with Gasteiger partial charge in [0.05, 0.1) is 18.4 Å². The molecule has 26 heavy (non-hydrogen) atoms. The van der Waals surface area contributed by atoms with Gasteiger partial charge in [-0.15, -0.1) is 24.8 Å². The molecule has 1 aromatic heterocycles. The molecular weight excluding hydrogens is 391 g/mol. The highest BCUT2D eigenvalue weighted by Crippen LogP contribution is 2.17. The summed E-state index contributed by atoms with van der Waals surface area (Å²) < 4.78 is 2.01. The van der Waals surface area contributed by atoms with E-state index in [1.54, 1.807) is 11.8 Å². The summed E-state index contributed by atoms with van der Waals surface area (Å²) in [7, 11) is 1.97. The molecule has 1 aromatic carbocycles. The zero-order chi connectivity index (χ0) is 16.9. The van der Waals surface area contributed by atoms with Gasteiger partial charge in [-0.05, 0) is 55.8 Å². The molecule has 0 spiro atoms. The predicted octanol–water partition coefficient (Wildman–Crippen LogP) is 3.07. The molecule has 1 atom stereocenters. The summed E-state index contributed by atoms with van der Waals surface area (Å²) in [6, 6.07) is 7.98. The van der Waals surface area contributed by atoms with Gasteiger partial charge in [0.25, 0.3) is 5.91 Å². The van der Waals surface area contributed by atoms with E-state index in [2.05, 4.69) is 21.7 Å². The standard InChI is InChI=1S/C18H24N4OS.2ClH/c1-22-16(12-21-18(22)24-2)11-20-17(23)15-5-3-4-13(9-15)8-14-6-7-19-10-14;;/h3-5,9,12,14,19H,6-8,10-11H2,1-2H3,(H,20,23);2*1H. The van der Waals surface area contributed by atoms with Gasteiger partial charge in [-0.1, -0.05) is 23.9 Å². The zero-order valence-corrected chi connectivity index (χ0v) is 17.5. The van der Waals surface area contributed by atoms with E-state index >= 15 is 0 Å². The van der Waals surface area contributed by atoms with E-state index < -0.39 is 0 Å². The molecule has 2 aromatic rings. The van der Waals surface area contributed by atoms with Gasteiger partial charge < -0.3 is 15.2 Å². The van der Waals surface area contributed by atoms with E-state index in [1.165, 1.54) is 12.0 Å². The van der Waals surface area contributed by atoms with Gasteiger partial charge in [-0.2, -0.15) is 0 Å². The lowest BCUT2D eigenvalue weighted by atomic mass is 9.97. The van der Waals surface area contributed by atoms with Crippen LogP contribution in [0.2, 0.25) is 0 Å². The summed E-state index contributed by atoms with van der Waals surface area (Å²) in [5.41, 5.74) is 2.97. The van der Waals surface area contributed by atoms with Gasteiger partial charge in [0, 0.05) is 12.6 Å². The molecule has 1 fully saturated rings. The highest BCUT2D eigenvalue weighted by atomic mass is 35.5. The molecule has 144 valence electrons. The smallest absolute Gasteiger partial charge is 0.251 e. The molecule has 0 bridgehead atoms. The van der Waals surface area contributed by atoms with Gasteiger partial charge in [0.15, 0.2) is 5.16 Å². The van der Waals surface area contributed by atoms with Crippen LogP contribution in [0.4, 0.5) is 0 Å². The quantitative estimate of drug-likeness (QED) is 0.710. The number of nitrogens with zero attached hydrogens (tertiary/aromatic N) is 2. The van der Waals surface area contributed by atoms with Gasteiger partial charge in [0.2, 0.25) is 0 Å². The molecule has 2 heterocycles. The third kappa shape index (κ3) is 5.64. The minimum atomic E-state index is -0.0340. The van der Waals surface area contributed by atoms with Crippen molar-refractivity contribution < 1.29 is 4.79 Å². The number of thioether (sulfide) groups is 1. The summed E-state index contributed by atoms with van der Waals surface area (Å²) in [6.45, 7) is 2.67. The summed E-state index contributed by atoms with van der Waals surface area (Å²) in [6.07, 6.45) is 6.06. The Balaban J connectivity index is 0.00000169. The Kier molecular flexibility index (Phi) is 9.50. The Morgan fingerprint density at radius 3 is 2.88 bits per heavy atom. The number of aromatic nitrogens is 2. The van der Waals surface area contributed by atoms with Crippen molar-refractivity contribution in [1.29, 1.82) is 0 Å². The second-order valence-corrected chi connectivity index (χ2v) is 7.01. The lowest BCUT2D eigenvalue weighted by Gasteiger charge is -2.10. The Morgan fingerprint density at radius 2 is 2.23 bits per heavy atom. The number of halogens is 2. The van der Waals surface area contributed by atoms with Crippen molar-refractivity contribution in [2.24, 2.45) is 13.0 Å². The van der Waals surface area contributed by atoms with Gasteiger partial charge >= 0.3 is 0 Å². The second-order valence-electron chi connectivity index (χ2n) is 6.24. The monoisotopic (exact) mass is 416 g/mol. The van der Waals surface area contributed by atoms with Crippen molar-refractivity contribution in [2.75, 3.05) is 19.3 Å². The number of benzene rings is 1. The maximum atomic E-state index is 12.4. The fourth-order valence-corrected chi connectivity index (χ4v) is 3.66. The number of imidazole rings is 1. The number of carbonyl (C=O) groups excluding carboxylic acids is 1. The summed E-state index contributed by atoms with van der Waals surface area (Å²) >= 11 is 1.60. The number of carbonyl (C=O) groups is 1. The van der Waals surface area contributed by atoms with Gasteiger partial charge in [-0.3, -0.25) is 4.79 Å². The molecule has 8 heteroatoms. The van der Waals surface area contributed by atoms with Crippen LogP contribution < -0.4 is 10.6 Å². The molecule has 0 aliphatic carbocycles. The molecule has 0 saturated carbocycles. The highest BCUT2D eigenvalue weighted by molar-refractivity contribution is 7.98. The molecule has 1 saturated heterocycles. The van der Waals surface area contributed by atoms with E-state index in [0.29, 0.717) is 12.5 Å². The van der Waals surface area contributed by atoms with Crippen molar-refractivity contribution in [3.8, 4) is 0 Å². The van der Waals surface area contributed by atoms with Crippen molar-refractivity contribution in [3.63, 3.8) is 0 Å². The number of hydrogen-bond acceptors (Lipinski definition) is 4. The molecule has 1 amide bonds. The summed E-state index contributed by atoms with van der Waals surface area (Å²) in [4.78, 5) is 16.8. The van der Waals surface area contributed by atoms with E-state index in [4.69, 9.17) is 0 Å². The van der Waals surface area contributed by atoms with Crippen LogP contribution in [0.3, 0.4) is 0 Å². The van der Waals surface area contributed by atoms with Crippen molar-refractivity contribution in [3.05, 3.63) is 47.3 Å². The van der Waals surface area contributed by atoms with E-state index in [9.17, 15) is 4.79 Å². The third-order valence-corrected chi connectivity index (χ3v) is 5.27. The summed E-state index contributed by atoms with van der Waals surface area (Å²) in [5, 5.41) is 7.33. The Morgan fingerprint density at radius 1 is 1.42 bits per heavy atom. The SMILES string of the molecule is CSc1ncc(CNC(=O)c2cccc(CC3CCNC3)c2)n1C.Cl.Cl. The topological polar surface area (TPSA) is 59.0 Å². The Labute approximate surface area is 171 Å². The minimum absolute atomic E-state index is 0. The van der Waals surface area contributed by atoms with E-state index in [0.717, 1.165) is 35.9 Å². The molecule has 3 rings (SSSR count). The first-order valence-electron chi connectivity index (χ1n) is 8.30. The number of rotatable bonds is 6. The van der Waals surface area contributed by atoms with Gasteiger partial charge in [0.1, 0.15) is 0 Å². The third-order valence-electron chi connectivity index (χ3n) is 4.53. The summed E-state index contributed by atoms with van der Waals surface area (Å²) in [5.74, 6) is 0.649. The van der Waals surface area contributed by atoms with Crippen LogP contribution in [0.5, 0.6) is 0 Å². The van der Waals surface area contributed by atoms with Crippen molar-refractivity contribution >= 4 is 42.5 Å². The average molecular weight is 417 g/mol. The lowest BCUT2D eigenvalue weighted by Crippen LogP contribution is -2.24. The second kappa shape index (κ2) is 10.8. The first kappa shape index (κ1) is 22.8. The molecule has 2 N–H and O–H groups in total. The van der Waals surface area contributed by atoms with Crippen LogP contribution in [0.25, 0.3) is 0 Å². The molecule has 1 unspecified atom stereocenters. The molecule has 1 aliphatic heterocycles. The molecule has 5 nitrogen and oxygen atoms in total. The minimum Gasteiger partial charge on any atom is -0.346 e. The van der Waals surface area contributed by atoms with Crippen LogP contribution in [0, 0.1) is 5.92 Å². The van der Waals surface area contributed by atoms with Crippen LogP contribution in [0.15, 0.2) is 35.6 Å². The molecule has 1 aliphatic rings. The Bertz CT molecular complexity index is 717. The van der Waals surface area contributed by atoms with Crippen LogP contribution >= 0.6 is 36.6 Å². The number of nitrogens with one attached hydrogen (secondary N) is 2. The fraction of sp³-hybridized carbons (Fsp3) is 0.444. The fourth-order valence-electron chi connectivity index (χ4n) is 3.11. The first-order chi connectivity index (χ1) is 11.7. The Hall–Kier alpha value is -1.21. The van der Waals surface area contributed by atoms with Crippen LogP contribution in [-0.4, -0.2) is 34.8 Å². The lowest BCUT2D eigenvalue weighted by molar-refractivity contribution is 0.0950. The first-order valence-corrected chi connectivity index (χ1v) is 9.52. The van der Waals surface area contributed by atoms with Gasteiger partial charge in [-0.25, -0.2) is 4.98 Å². The highest BCUT2D eigenvalue weighted by Gasteiger charge is 2.16. The molecular formula is C18H26Cl2N4OS. The predicted molar refractivity (Wildman–Crippen MR) is 112 cm³/mol. The number of hydrogen-bond donors (Lipinski definition) is 2. The van der Waals surface area contributed by atoms with E-state index in [1.807, 2.05) is 42.3 Å². The maximum absolute atomic E-state index is 12.4. The largest absolute Gasteiger partial charge is 0.346 e.